The number of halogens is 1. The molecule has 0 radical (unpaired) electrons. The number of hydrogen-bond acceptors (Lipinski definition) is 8. The summed E-state index contributed by atoms with van der Waals surface area (Å²) in [7, 11) is 0. The van der Waals surface area contributed by atoms with Gasteiger partial charge in [0.15, 0.2) is 29.7 Å². The lowest BCUT2D eigenvalue weighted by Gasteiger charge is -2.29. The molecule has 0 unspecified atom stereocenters. The molecule has 4 rings (SSSR count). The fourth-order valence-corrected chi connectivity index (χ4v) is 5.43. The molecule has 42 heavy (non-hydrogen) atoms. The van der Waals surface area contributed by atoms with Gasteiger partial charge >= 0.3 is 5.97 Å². The number of Topliss-reactive ketones (excluding diaryl/α,β-unsaturated/α-hetero) is 1. The molecule has 0 atom stereocenters. The Hall–Kier alpha value is -3.82. The molecule has 9 nitrogen and oxygen atoms in total. The third kappa shape index (κ3) is 6.47. The molecule has 228 valence electrons. The third-order valence-electron chi connectivity index (χ3n) is 7.39. The van der Waals surface area contributed by atoms with E-state index >= 15 is 4.39 Å². The molecule has 0 amide bonds. The van der Waals surface area contributed by atoms with Crippen molar-refractivity contribution in [1.82, 2.24) is 4.90 Å². The summed E-state index contributed by atoms with van der Waals surface area (Å²) in [6.07, 6.45) is 2.03. The first kappa shape index (κ1) is 31.1. The number of nitrogens with one attached hydrogen (secondary N) is 1. The summed E-state index contributed by atoms with van der Waals surface area (Å²) in [5, 5.41) is 8.73. The lowest BCUT2D eigenvalue weighted by atomic mass is 9.84. The van der Waals surface area contributed by atoms with Crippen molar-refractivity contribution in [2.45, 2.75) is 66.3 Å². The van der Waals surface area contributed by atoms with E-state index in [4.69, 9.17) is 24.4 Å². The van der Waals surface area contributed by atoms with E-state index in [9.17, 15) is 9.59 Å². The molecule has 2 aliphatic rings. The Bertz CT molecular complexity index is 1350. The summed E-state index contributed by atoms with van der Waals surface area (Å²) in [6.45, 7) is 13.8. The fraction of sp³-hybridized carbons (Fsp3) is 0.531. The number of nitrogens with zero attached hydrogens (tertiary/aromatic N) is 2. The van der Waals surface area contributed by atoms with Crippen LogP contribution in [0.2, 0.25) is 0 Å². The van der Waals surface area contributed by atoms with Crippen LogP contribution in [0.5, 0.6) is 17.2 Å². The van der Waals surface area contributed by atoms with Gasteiger partial charge < -0.3 is 28.7 Å². The van der Waals surface area contributed by atoms with Gasteiger partial charge in [-0.05, 0) is 62.8 Å². The average molecular weight is 584 g/mol. The molecule has 2 aromatic carbocycles. The summed E-state index contributed by atoms with van der Waals surface area (Å²) in [6, 6.07) is 5.33. The smallest absolute Gasteiger partial charge is 0.344 e. The van der Waals surface area contributed by atoms with Crippen LogP contribution in [-0.4, -0.2) is 68.5 Å². The Labute approximate surface area is 247 Å². The van der Waals surface area contributed by atoms with Crippen molar-refractivity contribution < 1.29 is 32.9 Å². The molecule has 1 fully saturated rings. The molecule has 1 saturated heterocycles. The molecule has 10 heteroatoms. The number of hydrogen-bond donors (Lipinski definition) is 1. The second-order valence-corrected chi connectivity index (χ2v) is 11.5. The van der Waals surface area contributed by atoms with Crippen molar-refractivity contribution in [3.8, 4) is 17.2 Å². The monoisotopic (exact) mass is 583 g/mol. The molecule has 0 aromatic heterocycles. The number of fused-ring (bicyclic) bond motifs is 1. The van der Waals surface area contributed by atoms with E-state index in [1.54, 1.807) is 24.8 Å². The maximum Gasteiger partial charge on any atom is 0.344 e. The lowest BCUT2D eigenvalue weighted by Crippen LogP contribution is -2.31. The van der Waals surface area contributed by atoms with Gasteiger partial charge in [-0.1, -0.05) is 20.8 Å². The van der Waals surface area contributed by atoms with E-state index in [0.29, 0.717) is 29.2 Å². The van der Waals surface area contributed by atoms with Gasteiger partial charge in [-0.15, -0.1) is 0 Å². The maximum absolute atomic E-state index is 15.6. The topological polar surface area (TPSA) is 101 Å². The third-order valence-corrected chi connectivity index (χ3v) is 7.39. The van der Waals surface area contributed by atoms with Crippen LogP contribution in [-0.2, 0) is 21.5 Å². The Balaban J connectivity index is 1.67. The SMILES string of the molecule is CCOC(=O)COc1c(N2CCCC2)cc(C(=O)CN2Cc3cc(OCC)c(OCC)c(F)c3C2=N)cc1C(C)(C)C. The van der Waals surface area contributed by atoms with Crippen LogP contribution in [0.1, 0.15) is 81.4 Å². The minimum Gasteiger partial charge on any atom is -0.490 e. The van der Waals surface area contributed by atoms with Crippen LogP contribution in [0.4, 0.5) is 10.1 Å². The Morgan fingerprint density at radius 1 is 0.952 bits per heavy atom. The van der Waals surface area contributed by atoms with Crippen LogP contribution >= 0.6 is 0 Å². The molecular weight excluding hydrogens is 541 g/mol. The second kappa shape index (κ2) is 13.0. The molecule has 2 heterocycles. The standard InChI is InChI=1S/C32H42FN3O6/c1-7-39-25-16-21-17-36(31(34)27(21)28(33)30(25)41-9-3)18-24(37)20-14-22(32(4,5)6)29(42-19-26(38)40-8-2)23(15-20)35-12-10-11-13-35/h14-16,34H,7-13,17-19H2,1-6H3. The van der Waals surface area contributed by atoms with Crippen LogP contribution in [0.15, 0.2) is 18.2 Å². The van der Waals surface area contributed by atoms with Gasteiger partial charge in [0, 0.05) is 30.8 Å². The normalized spacial score (nSPS) is 14.7. The number of carbonyl (C=O) groups excluding carboxylic acids is 2. The van der Waals surface area contributed by atoms with Crippen molar-refractivity contribution in [2.24, 2.45) is 0 Å². The van der Waals surface area contributed by atoms with Gasteiger partial charge in [-0.3, -0.25) is 10.2 Å². The fourth-order valence-electron chi connectivity index (χ4n) is 5.43. The number of rotatable bonds is 12. The molecule has 1 N–H and O–H groups in total. The molecule has 0 spiro atoms. The van der Waals surface area contributed by atoms with E-state index < -0.39 is 17.2 Å². The lowest BCUT2D eigenvalue weighted by molar-refractivity contribution is -0.145. The number of amidine groups is 1. The number of esters is 1. The van der Waals surface area contributed by atoms with Gasteiger partial charge in [0.05, 0.1) is 37.6 Å². The second-order valence-electron chi connectivity index (χ2n) is 11.5. The summed E-state index contributed by atoms with van der Waals surface area (Å²) in [4.78, 5) is 29.7. The maximum atomic E-state index is 15.6. The van der Waals surface area contributed by atoms with E-state index in [-0.39, 0.29) is 55.8 Å². The van der Waals surface area contributed by atoms with E-state index in [1.807, 2.05) is 39.8 Å². The summed E-state index contributed by atoms with van der Waals surface area (Å²) < 4.78 is 37.9. The van der Waals surface area contributed by atoms with Crippen molar-refractivity contribution in [3.63, 3.8) is 0 Å². The molecule has 2 aromatic rings. The molecule has 0 saturated carbocycles. The van der Waals surface area contributed by atoms with E-state index in [2.05, 4.69) is 4.90 Å². The predicted octanol–water partition coefficient (Wildman–Crippen LogP) is 5.49. The average Bonchev–Trinajstić information content (AvgIpc) is 3.57. The summed E-state index contributed by atoms with van der Waals surface area (Å²) in [5.74, 6) is -0.517. The summed E-state index contributed by atoms with van der Waals surface area (Å²) in [5.41, 5.74) is 2.34. The van der Waals surface area contributed by atoms with Gasteiger partial charge in [0.25, 0.3) is 0 Å². The number of benzene rings is 2. The van der Waals surface area contributed by atoms with Gasteiger partial charge in [0.1, 0.15) is 11.6 Å². The Morgan fingerprint density at radius 2 is 1.64 bits per heavy atom. The van der Waals surface area contributed by atoms with E-state index in [0.717, 1.165) is 37.2 Å². The Kier molecular flexibility index (Phi) is 9.64. The van der Waals surface area contributed by atoms with Crippen LogP contribution in [0, 0.1) is 11.2 Å². The zero-order valence-electron chi connectivity index (χ0n) is 25.5. The van der Waals surface area contributed by atoms with Crippen LogP contribution in [0.3, 0.4) is 0 Å². The first-order valence-electron chi connectivity index (χ1n) is 14.7. The highest BCUT2D eigenvalue weighted by Crippen LogP contribution is 2.42. The number of carbonyl (C=O) groups is 2. The van der Waals surface area contributed by atoms with Crippen LogP contribution in [0.25, 0.3) is 0 Å². The minimum absolute atomic E-state index is 0.0143. The zero-order valence-corrected chi connectivity index (χ0v) is 25.5. The van der Waals surface area contributed by atoms with Gasteiger partial charge in [0.2, 0.25) is 0 Å². The van der Waals surface area contributed by atoms with Gasteiger partial charge in [-0.2, -0.15) is 0 Å². The molecule has 0 aliphatic carbocycles. The predicted molar refractivity (Wildman–Crippen MR) is 159 cm³/mol. The van der Waals surface area contributed by atoms with Gasteiger partial charge in [-0.25, -0.2) is 9.18 Å². The number of ketones is 1. The highest BCUT2D eigenvalue weighted by atomic mass is 19.1. The van der Waals surface area contributed by atoms with Crippen LogP contribution < -0.4 is 19.1 Å². The first-order chi connectivity index (χ1) is 20.0. The zero-order chi connectivity index (χ0) is 30.6. The number of ether oxygens (including phenoxy) is 4. The molecule has 0 bridgehead atoms. The Morgan fingerprint density at radius 3 is 2.26 bits per heavy atom. The van der Waals surface area contributed by atoms with Crippen molar-refractivity contribution >= 4 is 23.3 Å². The van der Waals surface area contributed by atoms with Crippen molar-refractivity contribution in [1.29, 1.82) is 5.41 Å². The quantitative estimate of drug-likeness (QED) is 0.259. The highest BCUT2D eigenvalue weighted by molar-refractivity contribution is 6.06. The first-order valence-corrected chi connectivity index (χ1v) is 14.7. The van der Waals surface area contributed by atoms with Crippen molar-refractivity contribution in [3.05, 3.63) is 46.3 Å². The highest BCUT2D eigenvalue weighted by Gasteiger charge is 2.34. The number of anilines is 1. The largest absolute Gasteiger partial charge is 0.490 e. The molecular formula is C32H42FN3O6. The van der Waals surface area contributed by atoms with Crippen molar-refractivity contribution in [2.75, 3.05) is 51.0 Å². The molecule has 2 aliphatic heterocycles. The summed E-state index contributed by atoms with van der Waals surface area (Å²) >= 11 is 0. The van der Waals surface area contributed by atoms with E-state index in [1.165, 1.54) is 0 Å². The minimum atomic E-state index is -0.646.